The second-order valence-corrected chi connectivity index (χ2v) is 4.00. The van der Waals surface area contributed by atoms with Crippen LogP contribution in [0.3, 0.4) is 0 Å². The lowest BCUT2D eigenvalue weighted by molar-refractivity contribution is 0.0525. The minimum atomic E-state index is -0.439. The maximum Gasteiger partial charge on any atom is 0.340 e. The average molecular weight is 236 g/mol. The number of carbonyl (C=O) groups excluding carboxylic acids is 1. The molecule has 1 heterocycles. The Kier molecular flexibility index (Phi) is 3.46. The van der Waals surface area contributed by atoms with Gasteiger partial charge in [-0.25, -0.2) is 9.78 Å². The van der Waals surface area contributed by atoms with E-state index in [9.17, 15) is 4.79 Å². The number of carbonyl (C=O) groups is 1. The van der Waals surface area contributed by atoms with Gasteiger partial charge in [-0.2, -0.15) is 0 Å². The molecule has 2 N–H and O–H groups in total. The summed E-state index contributed by atoms with van der Waals surface area (Å²) in [5.41, 5.74) is 6.30. The van der Waals surface area contributed by atoms with Crippen LogP contribution in [-0.2, 0) is 4.74 Å². The third-order valence-electron chi connectivity index (χ3n) is 2.74. The van der Waals surface area contributed by atoms with Crippen LogP contribution in [0, 0.1) is 0 Å². The largest absolute Gasteiger partial charge is 0.474 e. The number of nitrogens with zero attached hydrogens (tertiary/aromatic N) is 1. The molecule has 0 bridgehead atoms. The zero-order valence-electron chi connectivity index (χ0n) is 9.81. The van der Waals surface area contributed by atoms with Crippen molar-refractivity contribution >= 4 is 11.7 Å². The lowest BCUT2D eigenvalue weighted by Crippen LogP contribution is -2.25. The molecule has 1 saturated carbocycles. The number of anilines is 1. The van der Waals surface area contributed by atoms with Crippen molar-refractivity contribution in [3.05, 3.63) is 17.8 Å². The molecule has 5 nitrogen and oxygen atoms in total. The highest BCUT2D eigenvalue weighted by Crippen LogP contribution is 2.25. The number of hydrogen-bond acceptors (Lipinski definition) is 5. The number of nitrogen functional groups attached to an aromatic ring is 1. The molecule has 0 atom stereocenters. The highest BCUT2D eigenvalue weighted by molar-refractivity contribution is 5.95. The number of rotatable bonds is 4. The van der Waals surface area contributed by atoms with Gasteiger partial charge in [0, 0.05) is 6.07 Å². The summed E-state index contributed by atoms with van der Waals surface area (Å²) in [6.07, 6.45) is 4.92. The third-order valence-corrected chi connectivity index (χ3v) is 2.74. The van der Waals surface area contributed by atoms with Gasteiger partial charge in [-0.1, -0.05) is 0 Å². The van der Waals surface area contributed by atoms with Gasteiger partial charge >= 0.3 is 5.97 Å². The Labute approximate surface area is 99.9 Å². The topological polar surface area (TPSA) is 74.4 Å². The molecule has 2 rings (SSSR count). The molecule has 1 aliphatic rings. The highest BCUT2D eigenvalue weighted by atomic mass is 16.5. The Balaban J connectivity index is 2.13. The van der Waals surface area contributed by atoms with Crippen molar-refractivity contribution in [2.75, 3.05) is 12.3 Å². The predicted octanol–water partition coefficient (Wildman–Crippen LogP) is 1.77. The fourth-order valence-electron chi connectivity index (χ4n) is 1.56. The van der Waals surface area contributed by atoms with Gasteiger partial charge in [-0.3, -0.25) is 0 Å². The van der Waals surface area contributed by atoms with Crippen molar-refractivity contribution in [3.63, 3.8) is 0 Å². The number of esters is 1. The van der Waals surface area contributed by atoms with Crippen LogP contribution in [0.2, 0.25) is 0 Å². The molecule has 0 saturated heterocycles. The van der Waals surface area contributed by atoms with Crippen LogP contribution >= 0.6 is 0 Å². The van der Waals surface area contributed by atoms with Crippen LogP contribution in [0.25, 0.3) is 0 Å². The molecule has 0 aromatic carbocycles. The summed E-state index contributed by atoms with van der Waals surface area (Å²) in [7, 11) is 0. The zero-order chi connectivity index (χ0) is 12.3. The molecule has 1 aromatic heterocycles. The fraction of sp³-hybridized carbons (Fsp3) is 0.500. The van der Waals surface area contributed by atoms with Gasteiger partial charge in [-0.05, 0) is 26.2 Å². The lowest BCUT2D eigenvalue weighted by atomic mass is 9.96. The van der Waals surface area contributed by atoms with Crippen LogP contribution in [0.1, 0.15) is 36.5 Å². The Morgan fingerprint density at radius 2 is 2.35 bits per heavy atom. The van der Waals surface area contributed by atoms with E-state index in [0.29, 0.717) is 23.7 Å². The van der Waals surface area contributed by atoms with Crippen LogP contribution in [0.15, 0.2) is 12.3 Å². The van der Waals surface area contributed by atoms with Crippen LogP contribution in [0.5, 0.6) is 5.88 Å². The molecule has 5 heteroatoms. The molecule has 1 fully saturated rings. The Morgan fingerprint density at radius 3 is 2.94 bits per heavy atom. The molecular weight excluding hydrogens is 220 g/mol. The van der Waals surface area contributed by atoms with E-state index in [0.717, 1.165) is 12.8 Å². The molecule has 1 aromatic rings. The van der Waals surface area contributed by atoms with Crippen LogP contribution in [-0.4, -0.2) is 23.7 Å². The van der Waals surface area contributed by atoms with E-state index < -0.39 is 5.97 Å². The van der Waals surface area contributed by atoms with Gasteiger partial charge in [0.05, 0.1) is 24.1 Å². The first-order chi connectivity index (χ1) is 8.20. The van der Waals surface area contributed by atoms with Crippen LogP contribution < -0.4 is 10.5 Å². The minimum absolute atomic E-state index is 0.223. The van der Waals surface area contributed by atoms with Gasteiger partial charge in [0.15, 0.2) is 0 Å². The van der Waals surface area contributed by atoms with E-state index in [4.69, 9.17) is 15.2 Å². The minimum Gasteiger partial charge on any atom is -0.474 e. The lowest BCUT2D eigenvalue weighted by Gasteiger charge is -2.25. The molecule has 0 amide bonds. The summed E-state index contributed by atoms with van der Waals surface area (Å²) >= 11 is 0. The fourth-order valence-corrected chi connectivity index (χ4v) is 1.56. The van der Waals surface area contributed by atoms with Crippen molar-refractivity contribution in [2.45, 2.75) is 32.3 Å². The molecule has 0 radical (unpaired) electrons. The van der Waals surface area contributed by atoms with E-state index in [1.165, 1.54) is 12.6 Å². The quantitative estimate of drug-likeness (QED) is 0.806. The summed E-state index contributed by atoms with van der Waals surface area (Å²) in [6, 6.07) is 1.55. The van der Waals surface area contributed by atoms with E-state index in [1.54, 1.807) is 13.0 Å². The molecule has 17 heavy (non-hydrogen) atoms. The van der Waals surface area contributed by atoms with Gasteiger partial charge in [0.25, 0.3) is 0 Å². The molecule has 1 aliphatic carbocycles. The van der Waals surface area contributed by atoms with Gasteiger partial charge in [-0.15, -0.1) is 0 Å². The number of aromatic nitrogens is 1. The van der Waals surface area contributed by atoms with E-state index >= 15 is 0 Å². The summed E-state index contributed by atoms with van der Waals surface area (Å²) in [5.74, 6) is -0.00203. The van der Waals surface area contributed by atoms with E-state index in [2.05, 4.69) is 4.98 Å². The number of nitrogens with two attached hydrogens (primary N) is 1. The summed E-state index contributed by atoms with van der Waals surface area (Å²) < 4.78 is 10.5. The number of ether oxygens (including phenoxy) is 2. The maximum atomic E-state index is 11.6. The summed E-state index contributed by atoms with van der Waals surface area (Å²) in [4.78, 5) is 15.6. The molecule has 0 spiro atoms. The SMILES string of the molecule is CCOC(=O)c1cc(OC2CCC2)ncc1N. The predicted molar refractivity (Wildman–Crippen MR) is 62.9 cm³/mol. The van der Waals surface area contributed by atoms with Gasteiger partial charge in [0.2, 0.25) is 5.88 Å². The molecule has 0 unspecified atom stereocenters. The summed E-state index contributed by atoms with van der Waals surface area (Å²) in [6.45, 7) is 2.07. The van der Waals surface area contributed by atoms with E-state index in [1.807, 2.05) is 0 Å². The van der Waals surface area contributed by atoms with Crippen LogP contribution in [0.4, 0.5) is 5.69 Å². The number of pyridine rings is 1. The second-order valence-electron chi connectivity index (χ2n) is 4.00. The Hall–Kier alpha value is -1.78. The monoisotopic (exact) mass is 236 g/mol. The highest BCUT2D eigenvalue weighted by Gasteiger charge is 2.21. The molecular formula is C12H16N2O3. The molecule has 0 aliphatic heterocycles. The zero-order valence-corrected chi connectivity index (χ0v) is 9.81. The Bertz CT molecular complexity index is 416. The van der Waals surface area contributed by atoms with Crippen molar-refractivity contribution in [1.82, 2.24) is 4.98 Å². The third kappa shape index (κ3) is 2.67. The standard InChI is InChI=1S/C12H16N2O3/c1-2-16-12(15)9-6-11(14-7-10(9)13)17-8-4-3-5-8/h6-8H,2-5,13H2,1H3. The first-order valence-electron chi connectivity index (χ1n) is 5.80. The van der Waals surface area contributed by atoms with Crippen molar-refractivity contribution in [3.8, 4) is 5.88 Å². The first kappa shape index (κ1) is 11.7. The Morgan fingerprint density at radius 1 is 1.59 bits per heavy atom. The normalized spacial score (nSPS) is 15.1. The second kappa shape index (κ2) is 5.03. The van der Waals surface area contributed by atoms with Crippen molar-refractivity contribution < 1.29 is 14.3 Å². The van der Waals surface area contributed by atoms with E-state index in [-0.39, 0.29) is 6.10 Å². The van der Waals surface area contributed by atoms with Gasteiger partial charge in [0.1, 0.15) is 6.10 Å². The average Bonchev–Trinajstić information content (AvgIpc) is 2.25. The number of hydrogen-bond donors (Lipinski definition) is 1. The van der Waals surface area contributed by atoms with Crippen molar-refractivity contribution in [1.29, 1.82) is 0 Å². The molecule has 92 valence electrons. The van der Waals surface area contributed by atoms with Gasteiger partial charge < -0.3 is 15.2 Å². The summed E-state index contributed by atoms with van der Waals surface area (Å²) in [5, 5.41) is 0. The smallest absolute Gasteiger partial charge is 0.340 e. The van der Waals surface area contributed by atoms with Crippen molar-refractivity contribution in [2.24, 2.45) is 0 Å². The maximum absolute atomic E-state index is 11.6. The first-order valence-corrected chi connectivity index (χ1v) is 5.80.